The van der Waals surface area contributed by atoms with Gasteiger partial charge in [-0.2, -0.15) is 5.10 Å². The van der Waals surface area contributed by atoms with E-state index < -0.39 is 0 Å². The number of nitrogens with zero attached hydrogens (tertiary/aromatic N) is 4. The summed E-state index contributed by atoms with van der Waals surface area (Å²) in [7, 11) is 0. The van der Waals surface area contributed by atoms with Gasteiger partial charge < -0.3 is 4.74 Å². The van der Waals surface area contributed by atoms with Crippen molar-refractivity contribution in [2.75, 3.05) is 0 Å². The molecule has 4 aromatic carbocycles. The Morgan fingerprint density at radius 3 is 1.98 bits per heavy atom. The summed E-state index contributed by atoms with van der Waals surface area (Å²) >= 11 is 0. The highest BCUT2D eigenvalue weighted by Gasteiger charge is 2.26. The van der Waals surface area contributed by atoms with Crippen LogP contribution in [0.3, 0.4) is 0 Å². The van der Waals surface area contributed by atoms with Crippen LogP contribution < -0.4 is 4.74 Å². The molecule has 0 amide bonds. The molecule has 0 saturated heterocycles. The van der Waals surface area contributed by atoms with Crippen LogP contribution in [-0.2, 0) is 10.8 Å². The Balaban J connectivity index is 1.39. The van der Waals surface area contributed by atoms with Gasteiger partial charge in [-0.05, 0) is 81.8 Å². The molecule has 7 aromatic rings. The third-order valence-corrected chi connectivity index (χ3v) is 9.83. The number of hydrogen-bond donors (Lipinski definition) is 0. The van der Waals surface area contributed by atoms with Gasteiger partial charge in [0.05, 0.1) is 28.1 Å². The summed E-state index contributed by atoms with van der Waals surface area (Å²) in [5.41, 5.74) is 10.2. The van der Waals surface area contributed by atoms with Gasteiger partial charge >= 0.3 is 0 Å². The molecule has 0 aliphatic carbocycles. The van der Waals surface area contributed by atoms with Crippen molar-refractivity contribution in [1.82, 2.24) is 19.3 Å². The zero-order chi connectivity index (χ0) is 36.2. The first-order valence-electron chi connectivity index (χ1n) is 18.2. The van der Waals surface area contributed by atoms with Gasteiger partial charge in [-0.3, -0.25) is 4.57 Å². The van der Waals surface area contributed by atoms with E-state index in [1.165, 1.54) is 33.3 Å². The number of rotatable bonds is 7. The second kappa shape index (κ2) is 12.9. The van der Waals surface area contributed by atoms with E-state index in [2.05, 4.69) is 182 Å². The smallest absolute Gasteiger partial charge is 0.137 e. The summed E-state index contributed by atoms with van der Waals surface area (Å²) in [5.74, 6) is 2.96. The Labute approximate surface area is 302 Å². The van der Waals surface area contributed by atoms with Crippen molar-refractivity contribution in [3.8, 4) is 34.1 Å². The van der Waals surface area contributed by atoms with E-state index in [0.717, 1.165) is 45.1 Å². The van der Waals surface area contributed by atoms with Gasteiger partial charge in [-0.1, -0.05) is 118 Å². The first-order chi connectivity index (χ1) is 24.2. The molecule has 0 fully saturated rings. The van der Waals surface area contributed by atoms with E-state index in [1.54, 1.807) is 0 Å². The van der Waals surface area contributed by atoms with Crippen LogP contribution in [0.2, 0.25) is 0 Å². The molecule has 51 heavy (non-hydrogen) atoms. The molecule has 0 aliphatic heterocycles. The molecular weight excluding hydrogens is 625 g/mol. The Morgan fingerprint density at radius 1 is 0.608 bits per heavy atom. The predicted molar refractivity (Wildman–Crippen MR) is 213 cm³/mol. The Morgan fingerprint density at radius 2 is 1.29 bits per heavy atom. The molecule has 260 valence electrons. The SMILES string of the molecule is CC(C)c1nn(-c2cc(Oc3ccc4c5ccccc5n(-c5cc(C(C)(C)C)ccn5)c4c3)cc(C(C)(C)C)c2)c(C(C)C)c1-c1ccccc1. The van der Waals surface area contributed by atoms with Crippen molar-refractivity contribution >= 4 is 21.8 Å². The maximum absolute atomic E-state index is 6.84. The van der Waals surface area contributed by atoms with Crippen molar-refractivity contribution in [2.24, 2.45) is 0 Å². The standard InChI is InChI=1S/C46H50N4O/c1-29(2)43-42(31-16-12-11-13-17-31)44(30(3)4)50(48-43)34-24-33(46(8,9)10)25-36(27-34)51-35-20-21-38-37-18-14-15-19-39(37)49(40(38)28-35)41-26-32(22-23-47-41)45(5,6)7/h11-30H,1-10H3. The van der Waals surface area contributed by atoms with Crippen LogP contribution >= 0.6 is 0 Å². The number of aromatic nitrogens is 4. The molecule has 0 bridgehead atoms. The summed E-state index contributed by atoms with van der Waals surface area (Å²) < 4.78 is 11.3. The predicted octanol–water partition coefficient (Wildman–Crippen LogP) is 12.7. The van der Waals surface area contributed by atoms with Crippen molar-refractivity contribution in [3.05, 3.63) is 132 Å². The molecule has 3 heterocycles. The van der Waals surface area contributed by atoms with Crippen LogP contribution in [0.4, 0.5) is 0 Å². The van der Waals surface area contributed by atoms with Gasteiger partial charge in [-0.15, -0.1) is 0 Å². The average Bonchev–Trinajstić information content (AvgIpc) is 3.65. The summed E-state index contributed by atoms with van der Waals surface area (Å²) in [6, 6.07) is 36.6. The highest BCUT2D eigenvalue weighted by molar-refractivity contribution is 6.09. The molecule has 0 unspecified atom stereocenters. The molecule has 7 rings (SSSR count). The summed E-state index contributed by atoms with van der Waals surface area (Å²) in [4.78, 5) is 4.87. The van der Waals surface area contributed by atoms with Crippen LogP contribution in [0.25, 0.3) is 44.4 Å². The minimum absolute atomic E-state index is 0.00229. The maximum Gasteiger partial charge on any atom is 0.137 e. The van der Waals surface area contributed by atoms with Crippen LogP contribution in [-0.4, -0.2) is 19.3 Å². The van der Waals surface area contributed by atoms with E-state index in [1.807, 2.05) is 6.20 Å². The highest BCUT2D eigenvalue weighted by atomic mass is 16.5. The molecule has 0 aliphatic rings. The lowest BCUT2D eigenvalue weighted by atomic mass is 9.86. The molecule has 0 atom stereocenters. The number of hydrogen-bond acceptors (Lipinski definition) is 3. The van der Waals surface area contributed by atoms with Crippen molar-refractivity contribution in [3.63, 3.8) is 0 Å². The van der Waals surface area contributed by atoms with Crippen LogP contribution in [0, 0.1) is 0 Å². The second-order valence-corrected chi connectivity index (χ2v) is 16.5. The van der Waals surface area contributed by atoms with Gasteiger partial charge in [0.2, 0.25) is 0 Å². The molecular formula is C46H50N4O. The topological polar surface area (TPSA) is 44.9 Å². The number of pyridine rings is 1. The van der Waals surface area contributed by atoms with E-state index in [9.17, 15) is 0 Å². The first-order valence-corrected chi connectivity index (χ1v) is 18.2. The van der Waals surface area contributed by atoms with Gasteiger partial charge in [0.1, 0.15) is 17.3 Å². The lowest BCUT2D eigenvalue weighted by molar-refractivity contribution is 0.478. The second-order valence-electron chi connectivity index (χ2n) is 16.5. The van der Waals surface area contributed by atoms with E-state index in [0.29, 0.717) is 0 Å². The molecule has 0 saturated carbocycles. The molecule has 3 aromatic heterocycles. The molecule has 5 heteroatoms. The number of ether oxygens (including phenoxy) is 1. The van der Waals surface area contributed by atoms with E-state index >= 15 is 0 Å². The highest BCUT2D eigenvalue weighted by Crippen LogP contribution is 2.40. The van der Waals surface area contributed by atoms with E-state index in [4.69, 9.17) is 14.8 Å². The third-order valence-electron chi connectivity index (χ3n) is 9.83. The number of para-hydroxylation sites is 1. The zero-order valence-corrected chi connectivity index (χ0v) is 31.7. The fourth-order valence-corrected chi connectivity index (χ4v) is 7.09. The molecule has 5 nitrogen and oxygen atoms in total. The van der Waals surface area contributed by atoms with E-state index in [-0.39, 0.29) is 22.7 Å². The minimum atomic E-state index is -0.109. The first kappa shape index (κ1) is 34.3. The van der Waals surface area contributed by atoms with Gasteiger partial charge in [0.15, 0.2) is 0 Å². The third kappa shape index (κ3) is 6.46. The Hall–Kier alpha value is -5.16. The summed E-state index contributed by atoms with van der Waals surface area (Å²) in [6.07, 6.45) is 1.92. The van der Waals surface area contributed by atoms with Gasteiger partial charge in [0, 0.05) is 34.7 Å². The average molecular weight is 675 g/mol. The Bertz CT molecular complexity index is 2360. The normalized spacial score (nSPS) is 12.5. The fraction of sp³-hybridized carbons (Fsp3) is 0.304. The van der Waals surface area contributed by atoms with Crippen LogP contribution in [0.5, 0.6) is 11.5 Å². The lowest BCUT2D eigenvalue weighted by Gasteiger charge is -2.22. The maximum atomic E-state index is 6.84. The Kier molecular flexibility index (Phi) is 8.65. The van der Waals surface area contributed by atoms with Crippen LogP contribution in [0.15, 0.2) is 109 Å². The summed E-state index contributed by atoms with van der Waals surface area (Å²) in [5, 5.41) is 7.69. The quantitative estimate of drug-likeness (QED) is 0.169. The molecule has 0 radical (unpaired) electrons. The number of benzene rings is 4. The van der Waals surface area contributed by atoms with Crippen molar-refractivity contribution in [2.45, 2.75) is 91.9 Å². The van der Waals surface area contributed by atoms with Gasteiger partial charge in [0.25, 0.3) is 0 Å². The van der Waals surface area contributed by atoms with Crippen LogP contribution in [0.1, 0.15) is 104 Å². The van der Waals surface area contributed by atoms with Crippen molar-refractivity contribution < 1.29 is 4.74 Å². The molecule has 0 N–H and O–H groups in total. The zero-order valence-electron chi connectivity index (χ0n) is 31.7. The monoisotopic (exact) mass is 674 g/mol. The number of fused-ring (bicyclic) bond motifs is 3. The van der Waals surface area contributed by atoms with Crippen molar-refractivity contribution in [1.29, 1.82) is 0 Å². The summed E-state index contributed by atoms with van der Waals surface area (Å²) in [6.45, 7) is 22.4. The van der Waals surface area contributed by atoms with Gasteiger partial charge in [-0.25, -0.2) is 9.67 Å². The molecule has 0 spiro atoms. The largest absolute Gasteiger partial charge is 0.457 e. The fourth-order valence-electron chi connectivity index (χ4n) is 7.09. The lowest BCUT2D eigenvalue weighted by Crippen LogP contribution is -2.13. The minimum Gasteiger partial charge on any atom is -0.457 e.